The van der Waals surface area contributed by atoms with Crippen LogP contribution in [0.15, 0.2) is 43.0 Å². The fourth-order valence-electron chi connectivity index (χ4n) is 2.57. The normalized spacial score (nSPS) is 23.2. The summed E-state index contributed by atoms with van der Waals surface area (Å²) < 4.78 is 7.63. The van der Waals surface area contributed by atoms with Gasteiger partial charge in [0.1, 0.15) is 0 Å². The summed E-state index contributed by atoms with van der Waals surface area (Å²) in [6.07, 6.45) is 8.04. The molecule has 4 nitrogen and oxygen atoms in total. The first-order valence-corrected chi connectivity index (χ1v) is 6.78. The quantitative estimate of drug-likeness (QED) is 0.919. The zero-order chi connectivity index (χ0) is 13.1. The maximum atomic E-state index is 5.59. The minimum absolute atomic E-state index is 0.339. The van der Waals surface area contributed by atoms with Gasteiger partial charge in [-0.3, -0.25) is 0 Å². The number of hydrogen-bond donors (Lipinski definition) is 1. The highest BCUT2D eigenvalue weighted by Gasteiger charge is 2.19. The van der Waals surface area contributed by atoms with Gasteiger partial charge in [0.2, 0.25) is 0 Å². The first-order chi connectivity index (χ1) is 9.33. The van der Waals surface area contributed by atoms with Gasteiger partial charge in [0, 0.05) is 25.0 Å². The average molecular weight is 257 g/mol. The highest BCUT2D eigenvalue weighted by molar-refractivity contribution is 5.61. The van der Waals surface area contributed by atoms with Crippen LogP contribution < -0.4 is 5.32 Å². The molecular weight excluding hydrogens is 238 g/mol. The van der Waals surface area contributed by atoms with Crippen molar-refractivity contribution in [3.63, 3.8) is 0 Å². The molecule has 1 fully saturated rings. The van der Waals surface area contributed by atoms with Gasteiger partial charge in [-0.05, 0) is 31.9 Å². The number of aromatic nitrogens is 2. The SMILES string of the molecule is CC1CC(Nc2ccccc2-n2ccnc2)CCO1. The molecule has 0 spiro atoms. The zero-order valence-corrected chi connectivity index (χ0v) is 11.1. The second-order valence-electron chi connectivity index (χ2n) is 5.03. The molecular formula is C15H19N3O. The summed E-state index contributed by atoms with van der Waals surface area (Å²) in [5.74, 6) is 0. The van der Waals surface area contributed by atoms with Crippen molar-refractivity contribution in [2.24, 2.45) is 0 Å². The predicted molar refractivity (Wildman–Crippen MR) is 75.6 cm³/mol. The number of ether oxygens (including phenoxy) is 1. The highest BCUT2D eigenvalue weighted by atomic mass is 16.5. The number of imidazole rings is 1. The molecule has 0 amide bonds. The predicted octanol–water partition coefficient (Wildman–Crippen LogP) is 2.85. The van der Waals surface area contributed by atoms with Crippen molar-refractivity contribution in [3.8, 4) is 5.69 Å². The van der Waals surface area contributed by atoms with Crippen molar-refractivity contribution in [1.82, 2.24) is 9.55 Å². The number of nitrogens with one attached hydrogen (secondary N) is 1. The van der Waals surface area contributed by atoms with Gasteiger partial charge in [-0.1, -0.05) is 12.1 Å². The molecule has 1 aromatic heterocycles. The molecule has 100 valence electrons. The minimum atomic E-state index is 0.339. The Morgan fingerprint density at radius 3 is 3.05 bits per heavy atom. The lowest BCUT2D eigenvalue weighted by Gasteiger charge is -2.29. The molecule has 0 bridgehead atoms. The monoisotopic (exact) mass is 257 g/mol. The Morgan fingerprint density at radius 2 is 2.26 bits per heavy atom. The summed E-state index contributed by atoms with van der Waals surface area (Å²) in [4.78, 5) is 4.11. The third-order valence-corrected chi connectivity index (χ3v) is 3.53. The molecule has 1 aliphatic rings. The van der Waals surface area contributed by atoms with E-state index in [4.69, 9.17) is 4.74 Å². The van der Waals surface area contributed by atoms with E-state index >= 15 is 0 Å². The van der Waals surface area contributed by atoms with E-state index in [1.165, 1.54) is 0 Å². The topological polar surface area (TPSA) is 39.1 Å². The first-order valence-electron chi connectivity index (χ1n) is 6.78. The second-order valence-corrected chi connectivity index (χ2v) is 5.03. The highest BCUT2D eigenvalue weighted by Crippen LogP contribution is 2.24. The zero-order valence-electron chi connectivity index (χ0n) is 11.1. The van der Waals surface area contributed by atoms with E-state index in [0.29, 0.717) is 12.1 Å². The van der Waals surface area contributed by atoms with E-state index in [0.717, 1.165) is 30.8 Å². The number of hydrogen-bond acceptors (Lipinski definition) is 3. The largest absolute Gasteiger partial charge is 0.380 e. The third kappa shape index (κ3) is 2.79. The molecule has 1 saturated heterocycles. The molecule has 1 N–H and O–H groups in total. The first kappa shape index (κ1) is 12.2. The molecule has 2 aromatic rings. The van der Waals surface area contributed by atoms with Crippen molar-refractivity contribution >= 4 is 5.69 Å². The Labute approximate surface area is 113 Å². The lowest BCUT2D eigenvalue weighted by Crippen LogP contribution is -2.32. The summed E-state index contributed by atoms with van der Waals surface area (Å²) in [6, 6.07) is 8.81. The fraction of sp³-hybridized carbons (Fsp3) is 0.400. The van der Waals surface area contributed by atoms with Crippen LogP contribution >= 0.6 is 0 Å². The van der Waals surface area contributed by atoms with Crippen molar-refractivity contribution in [3.05, 3.63) is 43.0 Å². The maximum Gasteiger partial charge on any atom is 0.0992 e. The van der Waals surface area contributed by atoms with Gasteiger partial charge in [0.15, 0.2) is 0 Å². The lowest BCUT2D eigenvalue weighted by molar-refractivity contribution is 0.0232. The van der Waals surface area contributed by atoms with E-state index < -0.39 is 0 Å². The molecule has 0 saturated carbocycles. The van der Waals surface area contributed by atoms with Crippen molar-refractivity contribution in [1.29, 1.82) is 0 Å². The molecule has 4 heteroatoms. The molecule has 1 aliphatic heterocycles. The summed E-state index contributed by atoms with van der Waals surface area (Å²) >= 11 is 0. The van der Waals surface area contributed by atoms with Gasteiger partial charge in [-0.15, -0.1) is 0 Å². The van der Waals surface area contributed by atoms with Gasteiger partial charge in [-0.25, -0.2) is 4.98 Å². The number of nitrogens with zero attached hydrogens (tertiary/aromatic N) is 2. The van der Waals surface area contributed by atoms with Crippen LogP contribution in [0.25, 0.3) is 5.69 Å². The smallest absolute Gasteiger partial charge is 0.0992 e. The summed E-state index contributed by atoms with van der Waals surface area (Å²) in [5, 5.41) is 3.64. The van der Waals surface area contributed by atoms with Crippen LogP contribution in [0.3, 0.4) is 0 Å². The molecule has 19 heavy (non-hydrogen) atoms. The number of anilines is 1. The van der Waals surface area contributed by atoms with Gasteiger partial charge in [0.25, 0.3) is 0 Å². The molecule has 0 radical (unpaired) electrons. The van der Waals surface area contributed by atoms with Crippen LogP contribution in [0.1, 0.15) is 19.8 Å². The van der Waals surface area contributed by atoms with Crippen molar-refractivity contribution < 1.29 is 4.74 Å². The van der Waals surface area contributed by atoms with Crippen LogP contribution in [0, 0.1) is 0 Å². The van der Waals surface area contributed by atoms with E-state index in [2.05, 4.69) is 35.4 Å². The Morgan fingerprint density at radius 1 is 1.37 bits per heavy atom. The van der Waals surface area contributed by atoms with Gasteiger partial charge in [-0.2, -0.15) is 0 Å². The summed E-state index contributed by atoms with van der Waals surface area (Å²) in [7, 11) is 0. The van der Waals surface area contributed by atoms with E-state index in [1.807, 2.05) is 23.2 Å². The second kappa shape index (κ2) is 5.45. The van der Waals surface area contributed by atoms with Crippen LogP contribution in [0.5, 0.6) is 0 Å². The van der Waals surface area contributed by atoms with Gasteiger partial charge in [0.05, 0.1) is 23.8 Å². The Hall–Kier alpha value is -1.81. The summed E-state index contributed by atoms with van der Waals surface area (Å²) in [5.41, 5.74) is 2.29. The number of rotatable bonds is 3. The fourth-order valence-corrected chi connectivity index (χ4v) is 2.57. The molecule has 2 heterocycles. The van der Waals surface area contributed by atoms with Crippen molar-refractivity contribution in [2.45, 2.75) is 31.9 Å². The van der Waals surface area contributed by atoms with Crippen molar-refractivity contribution in [2.75, 3.05) is 11.9 Å². The number of para-hydroxylation sites is 2. The van der Waals surface area contributed by atoms with E-state index in [9.17, 15) is 0 Å². The molecule has 0 aliphatic carbocycles. The molecule has 3 rings (SSSR count). The van der Waals surface area contributed by atoms with Crippen LogP contribution in [-0.4, -0.2) is 28.3 Å². The third-order valence-electron chi connectivity index (χ3n) is 3.53. The Bertz CT molecular complexity index is 524. The summed E-state index contributed by atoms with van der Waals surface area (Å²) in [6.45, 7) is 2.97. The van der Waals surface area contributed by atoms with Crippen LogP contribution in [0.4, 0.5) is 5.69 Å². The number of benzene rings is 1. The van der Waals surface area contributed by atoms with Gasteiger partial charge >= 0.3 is 0 Å². The van der Waals surface area contributed by atoms with Crippen LogP contribution in [0.2, 0.25) is 0 Å². The maximum absolute atomic E-state index is 5.59. The Balaban J connectivity index is 1.81. The molecule has 2 atom stereocenters. The minimum Gasteiger partial charge on any atom is -0.380 e. The molecule has 2 unspecified atom stereocenters. The van der Waals surface area contributed by atoms with Gasteiger partial charge < -0.3 is 14.6 Å². The van der Waals surface area contributed by atoms with Crippen LogP contribution in [-0.2, 0) is 4.74 Å². The van der Waals surface area contributed by atoms with E-state index in [-0.39, 0.29) is 0 Å². The lowest BCUT2D eigenvalue weighted by atomic mass is 10.0. The van der Waals surface area contributed by atoms with E-state index in [1.54, 1.807) is 6.20 Å². The Kier molecular flexibility index (Phi) is 3.51. The average Bonchev–Trinajstić information content (AvgIpc) is 2.93. The standard InChI is InChI=1S/C15H19N3O/c1-12-10-13(6-9-19-12)17-14-4-2-3-5-15(14)18-8-7-16-11-18/h2-5,7-8,11-13,17H,6,9-10H2,1H3. The molecule has 1 aromatic carbocycles.